The number of carbonyl (C=O) groups is 2. The van der Waals surface area contributed by atoms with Gasteiger partial charge < -0.3 is 15.2 Å². The van der Waals surface area contributed by atoms with Crippen molar-refractivity contribution in [3.63, 3.8) is 0 Å². The average Bonchev–Trinajstić information content (AvgIpc) is 3.65. The molecule has 0 bridgehead atoms. The molecule has 3 heterocycles. The van der Waals surface area contributed by atoms with Crippen LogP contribution < -0.4 is 5.32 Å². The lowest BCUT2D eigenvalue weighted by atomic mass is 9.89. The Hall–Kier alpha value is -5.12. The number of nitro groups is 1. The van der Waals surface area contributed by atoms with Crippen LogP contribution in [0.2, 0.25) is 0 Å². The normalized spacial score (nSPS) is 16.8. The predicted molar refractivity (Wildman–Crippen MR) is 160 cm³/mol. The number of anilines is 1. The van der Waals surface area contributed by atoms with Crippen LogP contribution in [0.1, 0.15) is 48.3 Å². The molecule has 0 aliphatic carbocycles. The van der Waals surface area contributed by atoms with Crippen molar-refractivity contribution in [3.05, 3.63) is 106 Å². The number of aromatic nitrogens is 2. The van der Waals surface area contributed by atoms with E-state index in [1.807, 2.05) is 53.4 Å². The van der Waals surface area contributed by atoms with Gasteiger partial charge in [-0.3, -0.25) is 24.7 Å². The molecule has 1 aromatic heterocycles. The number of nitrogens with zero attached hydrogens (tertiary/aromatic N) is 4. The van der Waals surface area contributed by atoms with Crippen molar-refractivity contribution in [1.82, 2.24) is 14.9 Å². The zero-order valence-electron chi connectivity index (χ0n) is 23.0. The number of hydrogen-bond donors (Lipinski definition) is 2. The monoisotopic (exact) mass is 562 g/mol. The van der Waals surface area contributed by atoms with Crippen molar-refractivity contribution in [2.75, 3.05) is 18.4 Å². The molecule has 4 aromatic rings. The number of nitro benzene ring substituents is 1. The van der Waals surface area contributed by atoms with E-state index in [2.05, 4.69) is 15.3 Å². The summed E-state index contributed by atoms with van der Waals surface area (Å²) in [4.78, 5) is 50.5. The van der Waals surface area contributed by atoms with Crippen LogP contribution in [0.15, 0.2) is 84.2 Å². The summed E-state index contributed by atoms with van der Waals surface area (Å²) in [5, 5.41) is 14.4. The number of aromatic amines is 1. The van der Waals surface area contributed by atoms with Gasteiger partial charge in [0.2, 0.25) is 11.8 Å². The van der Waals surface area contributed by atoms with E-state index in [1.54, 1.807) is 18.6 Å². The first-order valence-corrected chi connectivity index (χ1v) is 14.1. The summed E-state index contributed by atoms with van der Waals surface area (Å²) >= 11 is 0. The summed E-state index contributed by atoms with van der Waals surface area (Å²) in [5.41, 5.74) is 5.84. The first kappa shape index (κ1) is 27.1. The minimum atomic E-state index is -0.817. The third kappa shape index (κ3) is 5.69. The number of nitrogens with one attached hydrogen (secondary N) is 2. The van der Waals surface area contributed by atoms with Crippen molar-refractivity contribution in [2.45, 2.75) is 38.0 Å². The lowest BCUT2D eigenvalue weighted by Crippen LogP contribution is -2.36. The van der Waals surface area contributed by atoms with Crippen molar-refractivity contribution in [2.24, 2.45) is 4.99 Å². The lowest BCUT2D eigenvalue weighted by molar-refractivity contribution is -0.384. The topological polar surface area (TPSA) is 134 Å². The maximum Gasteiger partial charge on any atom is 0.269 e. The van der Waals surface area contributed by atoms with Crippen molar-refractivity contribution < 1.29 is 14.5 Å². The smallest absolute Gasteiger partial charge is 0.269 e. The molecule has 2 N–H and O–H groups in total. The fourth-order valence-corrected chi connectivity index (χ4v) is 5.61. The second kappa shape index (κ2) is 11.8. The molecular weight excluding hydrogens is 532 g/mol. The molecule has 42 heavy (non-hydrogen) atoms. The van der Waals surface area contributed by atoms with Crippen LogP contribution in [0.5, 0.6) is 0 Å². The Kier molecular flexibility index (Phi) is 7.59. The van der Waals surface area contributed by atoms with Crippen LogP contribution in [0.4, 0.5) is 17.1 Å². The largest absolute Gasteiger partial charge is 0.345 e. The van der Waals surface area contributed by atoms with Crippen molar-refractivity contribution in [3.8, 4) is 11.3 Å². The summed E-state index contributed by atoms with van der Waals surface area (Å²) in [7, 11) is 0. The Labute approximate surface area is 242 Å². The number of amides is 2. The van der Waals surface area contributed by atoms with E-state index in [9.17, 15) is 19.7 Å². The van der Waals surface area contributed by atoms with E-state index < -0.39 is 10.8 Å². The molecule has 10 heteroatoms. The molecule has 2 amide bonds. The minimum absolute atomic E-state index is 0.0824. The van der Waals surface area contributed by atoms with Gasteiger partial charge >= 0.3 is 0 Å². The van der Waals surface area contributed by atoms with Crippen molar-refractivity contribution >= 4 is 34.6 Å². The van der Waals surface area contributed by atoms with Crippen LogP contribution >= 0.6 is 0 Å². The Morgan fingerprint density at radius 3 is 2.57 bits per heavy atom. The summed E-state index contributed by atoms with van der Waals surface area (Å²) in [6.07, 6.45) is 7.74. The van der Waals surface area contributed by atoms with Crippen LogP contribution in [0.25, 0.3) is 11.3 Å². The van der Waals surface area contributed by atoms with E-state index in [0.717, 1.165) is 61.2 Å². The Morgan fingerprint density at radius 1 is 1.05 bits per heavy atom. The summed E-state index contributed by atoms with van der Waals surface area (Å²) in [6, 6.07) is 19.9. The molecule has 10 nitrogen and oxygen atoms in total. The number of carbonyl (C=O) groups excluding carboxylic acids is 2. The number of aliphatic imine (C=N–C) groups is 1. The highest BCUT2D eigenvalue weighted by Crippen LogP contribution is 2.38. The first-order valence-electron chi connectivity index (χ1n) is 14.1. The predicted octanol–water partition coefficient (Wildman–Crippen LogP) is 5.79. The van der Waals surface area contributed by atoms with Gasteiger partial charge in [-0.15, -0.1) is 0 Å². The van der Waals surface area contributed by atoms with Gasteiger partial charge in [0.15, 0.2) is 0 Å². The summed E-state index contributed by atoms with van der Waals surface area (Å²) in [6.45, 7) is 1.59. The zero-order chi connectivity index (χ0) is 29.1. The number of likely N-dealkylation sites (tertiary alicyclic amines) is 1. The molecule has 1 atom stereocenters. The third-order valence-electron chi connectivity index (χ3n) is 7.84. The van der Waals surface area contributed by atoms with Gasteiger partial charge in [0.05, 0.1) is 34.5 Å². The van der Waals surface area contributed by atoms with E-state index in [1.165, 1.54) is 12.1 Å². The van der Waals surface area contributed by atoms with E-state index in [4.69, 9.17) is 4.99 Å². The molecule has 1 fully saturated rings. The number of aryl methyl sites for hydroxylation is 1. The third-order valence-corrected chi connectivity index (χ3v) is 7.84. The fraction of sp³-hybridized carbons (Fsp3) is 0.250. The van der Waals surface area contributed by atoms with Crippen LogP contribution in [-0.4, -0.2) is 50.4 Å². The quantitative estimate of drug-likeness (QED) is 0.151. The zero-order valence-corrected chi connectivity index (χ0v) is 23.0. The molecular formula is C32H30N6O4. The van der Waals surface area contributed by atoms with Gasteiger partial charge in [-0.2, -0.15) is 0 Å². The maximum atomic E-state index is 13.3. The van der Waals surface area contributed by atoms with Crippen molar-refractivity contribution in [1.29, 1.82) is 0 Å². The number of benzene rings is 3. The number of hydrogen-bond acceptors (Lipinski definition) is 6. The number of non-ortho nitro benzene ring substituents is 1. The number of fused-ring (bicyclic) bond motifs is 1. The standard InChI is InChI=1S/C32H30N6O4/c39-29-5-1-2-16-37(29)17-3-4-21-6-8-23(9-7-21)31(35-24-12-10-22(11-13-24)28-19-33-20-34-28)30-26-18-25(38(41)42)14-15-27(26)36-32(30)40/h6-15,18-20,30H,1-5,16-17H2,(H,33,34)(H,36,40). The van der Waals surface area contributed by atoms with E-state index >= 15 is 0 Å². The van der Waals surface area contributed by atoms with Gasteiger partial charge in [0, 0.05) is 42.9 Å². The molecule has 0 spiro atoms. The summed E-state index contributed by atoms with van der Waals surface area (Å²) < 4.78 is 0. The highest BCUT2D eigenvalue weighted by Gasteiger charge is 2.36. The number of piperidine rings is 1. The van der Waals surface area contributed by atoms with Crippen LogP contribution in [0, 0.1) is 10.1 Å². The Bertz CT molecular complexity index is 1650. The highest BCUT2D eigenvalue weighted by molar-refractivity contribution is 6.24. The molecule has 1 saturated heterocycles. The van der Waals surface area contributed by atoms with Crippen LogP contribution in [-0.2, 0) is 16.0 Å². The molecule has 0 saturated carbocycles. The fourth-order valence-electron chi connectivity index (χ4n) is 5.61. The molecule has 2 aliphatic rings. The number of rotatable bonds is 9. The first-order chi connectivity index (χ1) is 20.5. The number of imidazole rings is 1. The molecule has 0 radical (unpaired) electrons. The Balaban J connectivity index is 1.30. The van der Waals surface area contributed by atoms with E-state index in [0.29, 0.717) is 29.1 Å². The average molecular weight is 563 g/mol. The summed E-state index contributed by atoms with van der Waals surface area (Å²) in [5.74, 6) is -0.859. The lowest BCUT2D eigenvalue weighted by Gasteiger charge is -2.26. The molecule has 1 unspecified atom stereocenters. The van der Waals surface area contributed by atoms with Gasteiger partial charge in [0.25, 0.3) is 5.69 Å². The minimum Gasteiger partial charge on any atom is -0.345 e. The second-order valence-electron chi connectivity index (χ2n) is 10.6. The molecule has 3 aromatic carbocycles. The SMILES string of the molecule is O=C1Nc2ccc([N+](=O)[O-])cc2C1C(=Nc1ccc(-c2cnc[nH]2)cc1)c1ccc(CCCN2CCCCC2=O)cc1. The maximum absolute atomic E-state index is 13.3. The van der Waals surface area contributed by atoms with Crippen LogP contribution in [0.3, 0.4) is 0 Å². The molecule has 6 rings (SSSR count). The van der Waals surface area contributed by atoms with Gasteiger partial charge in [0.1, 0.15) is 5.92 Å². The van der Waals surface area contributed by atoms with E-state index in [-0.39, 0.29) is 17.5 Å². The van der Waals surface area contributed by atoms with Gasteiger partial charge in [-0.05, 0) is 60.6 Å². The second-order valence-corrected chi connectivity index (χ2v) is 10.6. The molecule has 212 valence electrons. The van der Waals surface area contributed by atoms with Gasteiger partial charge in [-0.25, -0.2) is 4.98 Å². The Morgan fingerprint density at radius 2 is 1.86 bits per heavy atom. The number of H-pyrrole nitrogens is 1. The van der Waals surface area contributed by atoms with Gasteiger partial charge in [-0.1, -0.05) is 36.4 Å². The molecule has 2 aliphatic heterocycles. The highest BCUT2D eigenvalue weighted by atomic mass is 16.6.